The van der Waals surface area contributed by atoms with Crippen LogP contribution in [0.4, 0.5) is 4.39 Å². The van der Waals surface area contributed by atoms with E-state index in [1.54, 1.807) is 0 Å². The summed E-state index contributed by atoms with van der Waals surface area (Å²) < 4.78 is 20.0. The Morgan fingerprint density at radius 1 is 1.00 bits per heavy atom. The zero-order valence-corrected chi connectivity index (χ0v) is 10.8. The standard InChI is InChI=1S/C17H17FO/c18-17(11-16(17)15-9-5-2-6-10-15)13-19-12-14-7-3-1-4-8-14/h1-10,16H,11-13H2/t16-,17-/m1/s1. The third-order valence-corrected chi connectivity index (χ3v) is 3.66. The Kier molecular flexibility index (Phi) is 3.34. The normalized spacial score (nSPS) is 25.2. The first kappa shape index (κ1) is 12.4. The Morgan fingerprint density at radius 2 is 1.63 bits per heavy atom. The molecule has 3 rings (SSSR count). The zero-order valence-electron chi connectivity index (χ0n) is 10.8. The van der Waals surface area contributed by atoms with Crippen molar-refractivity contribution in [2.75, 3.05) is 6.61 Å². The van der Waals surface area contributed by atoms with Crippen LogP contribution < -0.4 is 0 Å². The molecule has 0 aliphatic heterocycles. The van der Waals surface area contributed by atoms with Gasteiger partial charge in [0, 0.05) is 5.92 Å². The molecule has 98 valence electrons. The van der Waals surface area contributed by atoms with Gasteiger partial charge in [0.05, 0.1) is 13.2 Å². The molecule has 1 fully saturated rings. The number of hydrogen-bond acceptors (Lipinski definition) is 1. The molecule has 0 spiro atoms. The van der Waals surface area contributed by atoms with Gasteiger partial charge >= 0.3 is 0 Å². The minimum atomic E-state index is -1.17. The van der Waals surface area contributed by atoms with Crippen molar-refractivity contribution in [3.63, 3.8) is 0 Å². The monoisotopic (exact) mass is 256 g/mol. The molecule has 2 aromatic rings. The zero-order chi connectivity index (χ0) is 13.1. The van der Waals surface area contributed by atoms with Gasteiger partial charge in [0.15, 0.2) is 0 Å². The second kappa shape index (κ2) is 5.14. The van der Waals surface area contributed by atoms with Gasteiger partial charge in [0.1, 0.15) is 5.67 Å². The number of hydrogen-bond donors (Lipinski definition) is 0. The average Bonchev–Trinajstić information content (AvgIpc) is 3.13. The maximum Gasteiger partial charge on any atom is 0.141 e. The van der Waals surface area contributed by atoms with Gasteiger partial charge in [-0.15, -0.1) is 0 Å². The summed E-state index contributed by atoms with van der Waals surface area (Å²) in [4.78, 5) is 0. The SMILES string of the molecule is F[C@@]1(COCc2ccccc2)C[C@@H]1c1ccccc1. The highest BCUT2D eigenvalue weighted by Gasteiger charge is 2.56. The van der Waals surface area contributed by atoms with Crippen molar-refractivity contribution in [2.45, 2.75) is 24.6 Å². The van der Waals surface area contributed by atoms with Crippen molar-refractivity contribution >= 4 is 0 Å². The summed E-state index contributed by atoms with van der Waals surface area (Å²) in [5.74, 6) is 0.00414. The Hall–Kier alpha value is -1.67. The van der Waals surface area contributed by atoms with E-state index in [0.29, 0.717) is 13.0 Å². The first-order chi connectivity index (χ1) is 9.28. The van der Waals surface area contributed by atoms with Crippen LogP contribution in [0.1, 0.15) is 23.5 Å². The molecule has 0 heterocycles. The predicted molar refractivity (Wildman–Crippen MR) is 73.7 cm³/mol. The van der Waals surface area contributed by atoms with Crippen molar-refractivity contribution in [1.29, 1.82) is 0 Å². The molecule has 2 aromatic carbocycles. The molecule has 0 saturated heterocycles. The smallest absolute Gasteiger partial charge is 0.141 e. The molecule has 1 aliphatic carbocycles. The Labute approximate surface area is 113 Å². The maximum absolute atomic E-state index is 14.4. The van der Waals surface area contributed by atoms with E-state index in [-0.39, 0.29) is 12.5 Å². The van der Waals surface area contributed by atoms with Crippen LogP contribution in [0.3, 0.4) is 0 Å². The van der Waals surface area contributed by atoms with Crippen LogP contribution in [0.2, 0.25) is 0 Å². The lowest BCUT2D eigenvalue weighted by Gasteiger charge is -2.09. The van der Waals surface area contributed by atoms with E-state index in [1.807, 2.05) is 60.7 Å². The summed E-state index contributed by atoms with van der Waals surface area (Å²) in [5.41, 5.74) is 0.993. The van der Waals surface area contributed by atoms with Gasteiger partial charge in [0.2, 0.25) is 0 Å². The molecule has 1 nitrogen and oxygen atoms in total. The highest BCUT2D eigenvalue weighted by Crippen LogP contribution is 2.54. The van der Waals surface area contributed by atoms with E-state index in [9.17, 15) is 4.39 Å². The second-order valence-electron chi connectivity index (χ2n) is 5.18. The van der Waals surface area contributed by atoms with Gasteiger partial charge in [0.25, 0.3) is 0 Å². The largest absolute Gasteiger partial charge is 0.373 e. The van der Waals surface area contributed by atoms with Crippen LogP contribution in [0.15, 0.2) is 60.7 Å². The lowest BCUT2D eigenvalue weighted by atomic mass is 10.1. The number of halogens is 1. The van der Waals surface area contributed by atoms with Gasteiger partial charge in [-0.3, -0.25) is 0 Å². The van der Waals surface area contributed by atoms with Crippen LogP contribution in [-0.2, 0) is 11.3 Å². The Balaban J connectivity index is 1.52. The van der Waals surface area contributed by atoms with E-state index < -0.39 is 5.67 Å². The van der Waals surface area contributed by atoms with E-state index in [2.05, 4.69) is 0 Å². The number of ether oxygens (including phenoxy) is 1. The highest BCUT2D eigenvalue weighted by molar-refractivity contribution is 5.31. The van der Waals surface area contributed by atoms with Gasteiger partial charge in [-0.25, -0.2) is 4.39 Å². The lowest BCUT2D eigenvalue weighted by molar-refractivity contribution is 0.0561. The van der Waals surface area contributed by atoms with Crippen LogP contribution in [0, 0.1) is 0 Å². The molecule has 2 heteroatoms. The molecule has 2 atom stereocenters. The minimum absolute atomic E-state index is 0.00414. The molecule has 1 saturated carbocycles. The Morgan fingerprint density at radius 3 is 2.32 bits per heavy atom. The van der Waals surface area contributed by atoms with Crippen LogP contribution in [-0.4, -0.2) is 12.3 Å². The summed E-state index contributed by atoms with van der Waals surface area (Å²) in [6.07, 6.45) is 0.575. The topological polar surface area (TPSA) is 9.23 Å². The molecular weight excluding hydrogens is 239 g/mol. The van der Waals surface area contributed by atoms with Crippen molar-refractivity contribution in [2.24, 2.45) is 0 Å². The number of alkyl halides is 1. The summed E-state index contributed by atoms with van der Waals surface area (Å²) >= 11 is 0. The fourth-order valence-corrected chi connectivity index (χ4v) is 2.45. The van der Waals surface area contributed by atoms with Crippen molar-refractivity contribution < 1.29 is 9.13 Å². The second-order valence-corrected chi connectivity index (χ2v) is 5.18. The van der Waals surface area contributed by atoms with Gasteiger partial charge in [-0.05, 0) is 17.5 Å². The summed E-state index contributed by atoms with van der Waals surface area (Å²) in [6.45, 7) is 0.662. The number of benzene rings is 2. The van der Waals surface area contributed by atoms with E-state index in [0.717, 1.165) is 11.1 Å². The molecule has 0 amide bonds. The molecule has 0 bridgehead atoms. The van der Waals surface area contributed by atoms with Gasteiger partial charge in [-0.1, -0.05) is 60.7 Å². The third-order valence-electron chi connectivity index (χ3n) is 3.66. The molecular formula is C17H17FO. The highest BCUT2D eigenvalue weighted by atomic mass is 19.1. The van der Waals surface area contributed by atoms with Crippen LogP contribution in [0.25, 0.3) is 0 Å². The summed E-state index contributed by atoms with van der Waals surface area (Å²) in [5, 5.41) is 0. The van der Waals surface area contributed by atoms with Gasteiger partial charge in [-0.2, -0.15) is 0 Å². The fraction of sp³-hybridized carbons (Fsp3) is 0.294. The molecule has 0 unspecified atom stereocenters. The molecule has 0 aromatic heterocycles. The molecule has 0 N–H and O–H groups in total. The third kappa shape index (κ3) is 2.85. The quantitative estimate of drug-likeness (QED) is 0.782. The molecule has 19 heavy (non-hydrogen) atoms. The van der Waals surface area contributed by atoms with E-state index >= 15 is 0 Å². The minimum Gasteiger partial charge on any atom is -0.373 e. The summed E-state index contributed by atoms with van der Waals surface area (Å²) in [7, 11) is 0. The fourth-order valence-electron chi connectivity index (χ4n) is 2.45. The first-order valence-electron chi connectivity index (χ1n) is 6.63. The van der Waals surface area contributed by atoms with Gasteiger partial charge < -0.3 is 4.74 Å². The maximum atomic E-state index is 14.4. The van der Waals surface area contributed by atoms with Crippen molar-refractivity contribution in [1.82, 2.24) is 0 Å². The van der Waals surface area contributed by atoms with Crippen molar-refractivity contribution in [3.8, 4) is 0 Å². The van der Waals surface area contributed by atoms with E-state index in [4.69, 9.17) is 4.74 Å². The Bertz CT molecular complexity index is 525. The van der Waals surface area contributed by atoms with Crippen LogP contribution in [0.5, 0.6) is 0 Å². The number of rotatable bonds is 5. The molecule has 0 radical (unpaired) electrons. The lowest BCUT2D eigenvalue weighted by Crippen LogP contribution is -2.13. The van der Waals surface area contributed by atoms with Crippen molar-refractivity contribution in [3.05, 3.63) is 71.8 Å². The average molecular weight is 256 g/mol. The summed E-state index contributed by atoms with van der Waals surface area (Å²) in [6, 6.07) is 19.7. The van der Waals surface area contributed by atoms with Crippen LogP contribution >= 0.6 is 0 Å². The predicted octanol–water partition coefficient (Wildman–Crippen LogP) is 4.10. The van der Waals surface area contributed by atoms with E-state index in [1.165, 1.54) is 0 Å². The first-order valence-corrected chi connectivity index (χ1v) is 6.63. The molecule has 1 aliphatic rings.